The second kappa shape index (κ2) is 5.63. The van der Waals surface area contributed by atoms with Crippen LogP contribution >= 0.6 is 0 Å². The number of carboxylic acid groups (broad SMARTS) is 1. The minimum Gasteiger partial charge on any atom is -0.481 e. The molecule has 2 aromatic rings. The topological polar surface area (TPSA) is 75.4 Å². The zero-order chi connectivity index (χ0) is 15.7. The molecule has 0 bridgehead atoms. The first-order chi connectivity index (χ1) is 10.6. The van der Waals surface area contributed by atoms with Gasteiger partial charge >= 0.3 is 5.97 Å². The molecule has 1 aliphatic rings. The summed E-state index contributed by atoms with van der Waals surface area (Å²) in [7, 11) is 1.81. The molecule has 2 atom stereocenters. The molecule has 3 rings (SSSR count). The Labute approximate surface area is 128 Å². The van der Waals surface area contributed by atoms with Crippen LogP contribution in [-0.4, -0.2) is 31.7 Å². The molecule has 22 heavy (non-hydrogen) atoms. The summed E-state index contributed by atoms with van der Waals surface area (Å²) in [6.07, 6.45) is 3.57. The molecular formula is C16H17N3O3. The van der Waals surface area contributed by atoms with E-state index in [2.05, 4.69) is 5.10 Å². The highest BCUT2D eigenvalue weighted by Gasteiger charge is 2.44. The van der Waals surface area contributed by atoms with Gasteiger partial charge in [-0.15, -0.1) is 0 Å². The maximum Gasteiger partial charge on any atom is 0.309 e. The molecule has 1 amide bonds. The Balaban J connectivity index is 1.94. The van der Waals surface area contributed by atoms with Crippen molar-refractivity contribution in [3.63, 3.8) is 0 Å². The summed E-state index contributed by atoms with van der Waals surface area (Å²) in [6, 6.07) is 8.90. The molecular weight excluding hydrogens is 282 g/mol. The molecule has 1 aliphatic heterocycles. The normalized spacial score (nSPS) is 21.3. The predicted molar refractivity (Wildman–Crippen MR) is 78.7 cm³/mol. The third-order valence-electron chi connectivity index (χ3n) is 4.00. The number of likely N-dealkylation sites (tertiary alicyclic amines) is 1. The standard InChI is InChI=1S/C16H17N3O3/c1-18-9-11(8-17-18)10-19-14(20)7-13(16(21)22)15(19)12-5-3-2-4-6-12/h2-6,8-9,13,15H,7,10H2,1H3,(H,21,22). The zero-order valence-electron chi connectivity index (χ0n) is 12.2. The number of hydrogen-bond acceptors (Lipinski definition) is 3. The molecule has 6 nitrogen and oxygen atoms in total. The van der Waals surface area contributed by atoms with Gasteiger partial charge in [0.15, 0.2) is 0 Å². The molecule has 0 saturated carbocycles. The van der Waals surface area contributed by atoms with E-state index in [0.717, 1.165) is 11.1 Å². The van der Waals surface area contributed by atoms with E-state index in [0.29, 0.717) is 6.54 Å². The van der Waals surface area contributed by atoms with E-state index in [4.69, 9.17) is 0 Å². The number of benzene rings is 1. The van der Waals surface area contributed by atoms with Crippen LogP contribution in [0.1, 0.15) is 23.6 Å². The molecule has 0 radical (unpaired) electrons. The molecule has 0 aliphatic carbocycles. The largest absolute Gasteiger partial charge is 0.481 e. The van der Waals surface area contributed by atoms with Gasteiger partial charge in [-0.2, -0.15) is 5.10 Å². The summed E-state index contributed by atoms with van der Waals surface area (Å²) < 4.78 is 1.67. The van der Waals surface area contributed by atoms with Gasteiger partial charge in [0.1, 0.15) is 0 Å². The molecule has 1 fully saturated rings. The molecule has 6 heteroatoms. The van der Waals surface area contributed by atoms with Gasteiger partial charge in [0.05, 0.1) is 18.2 Å². The lowest BCUT2D eigenvalue weighted by molar-refractivity contribution is -0.142. The maximum atomic E-state index is 12.3. The van der Waals surface area contributed by atoms with Crippen molar-refractivity contribution < 1.29 is 14.7 Å². The third kappa shape index (κ3) is 2.59. The van der Waals surface area contributed by atoms with Crippen LogP contribution in [0.25, 0.3) is 0 Å². The van der Waals surface area contributed by atoms with Crippen LogP contribution in [0.15, 0.2) is 42.7 Å². The van der Waals surface area contributed by atoms with Gasteiger partial charge in [0, 0.05) is 31.8 Å². The number of rotatable bonds is 4. The number of aromatic nitrogens is 2. The predicted octanol–water partition coefficient (Wildman–Crippen LogP) is 1.59. The molecule has 1 saturated heterocycles. The fourth-order valence-corrected chi connectivity index (χ4v) is 3.01. The first-order valence-electron chi connectivity index (χ1n) is 7.11. The van der Waals surface area contributed by atoms with Gasteiger partial charge in [-0.1, -0.05) is 30.3 Å². The lowest BCUT2D eigenvalue weighted by atomic mass is 9.93. The van der Waals surface area contributed by atoms with E-state index in [1.54, 1.807) is 15.8 Å². The second-order valence-corrected chi connectivity index (χ2v) is 5.55. The minimum absolute atomic E-state index is 0.0369. The highest BCUT2D eigenvalue weighted by Crippen LogP contribution is 2.39. The summed E-state index contributed by atoms with van der Waals surface area (Å²) in [6.45, 7) is 0.371. The van der Waals surface area contributed by atoms with Gasteiger partial charge in [-0.05, 0) is 5.56 Å². The zero-order valence-corrected chi connectivity index (χ0v) is 12.2. The van der Waals surface area contributed by atoms with Gasteiger partial charge in [0.25, 0.3) is 0 Å². The molecule has 2 unspecified atom stereocenters. The lowest BCUT2D eigenvalue weighted by Crippen LogP contribution is -2.30. The fraction of sp³-hybridized carbons (Fsp3) is 0.312. The first-order valence-corrected chi connectivity index (χ1v) is 7.11. The average Bonchev–Trinajstić information content (AvgIpc) is 3.05. The van der Waals surface area contributed by atoms with E-state index in [9.17, 15) is 14.7 Å². The second-order valence-electron chi connectivity index (χ2n) is 5.55. The lowest BCUT2D eigenvalue weighted by Gasteiger charge is -2.27. The van der Waals surface area contributed by atoms with Crippen molar-refractivity contribution in [1.29, 1.82) is 0 Å². The Morgan fingerprint density at radius 1 is 1.36 bits per heavy atom. The summed E-state index contributed by atoms with van der Waals surface area (Å²) in [5, 5.41) is 13.6. The number of carbonyl (C=O) groups is 2. The van der Waals surface area contributed by atoms with Gasteiger partial charge in [-0.3, -0.25) is 14.3 Å². The smallest absolute Gasteiger partial charge is 0.309 e. The number of carbonyl (C=O) groups excluding carboxylic acids is 1. The van der Waals surface area contributed by atoms with E-state index in [-0.39, 0.29) is 12.3 Å². The molecule has 0 spiro atoms. The van der Waals surface area contributed by atoms with Gasteiger partial charge in [0.2, 0.25) is 5.91 Å². The Hall–Kier alpha value is -2.63. The summed E-state index contributed by atoms with van der Waals surface area (Å²) in [5.74, 6) is -1.78. The number of aliphatic carboxylic acids is 1. The Morgan fingerprint density at radius 2 is 2.09 bits per heavy atom. The molecule has 2 heterocycles. The van der Waals surface area contributed by atoms with E-state index >= 15 is 0 Å². The quantitative estimate of drug-likeness (QED) is 0.930. The molecule has 1 N–H and O–H groups in total. The van der Waals surface area contributed by atoms with Crippen LogP contribution in [0, 0.1) is 5.92 Å². The molecule has 114 valence electrons. The van der Waals surface area contributed by atoms with Crippen LogP contribution in [0.2, 0.25) is 0 Å². The molecule has 1 aromatic carbocycles. The van der Waals surface area contributed by atoms with Gasteiger partial charge < -0.3 is 10.0 Å². The van der Waals surface area contributed by atoms with Gasteiger partial charge in [-0.25, -0.2) is 0 Å². The fourth-order valence-electron chi connectivity index (χ4n) is 3.01. The van der Waals surface area contributed by atoms with Crippen molar-refractivity contribution in [2.45, 2.75) is 19.0 Å². The van der Waals surface area contributed by atoms with Crippen molar-refractivity contribution in [3.05, 3.63) is 53.9 Å². The third-order valence-corrected chi connectivity index (χ3v) is 4.00. The van der Waals surface area contributed by atoms with Crippen LogP contribution in [0.3, 0.4) is 0 Å². The van der Waals surface area contributed by atoms with E-state index < -0.39 is 17.9 Å². The number of carboxylic acids is 1. The Morgan fingerprint density at radius 3 is 2.68 bits per heavy atom. The first kappa shape index (κ1) is 14.3. The van der Waals surface area contributed by atoms with Crippen molar-refractivity contribution in [2.24, 2.45) is 13.0 Å². The number of aryl methyl sites for hydroxylation is 1. The van der Waals surface area contributed by atoms with E-state index in [1.165, 1.54) is 0 Å². The number of amides is 1. The van der Waals surface area contributed by atoms with Crippen molar-refractivity contribution in [1.82, 2.24) is 14.7 Å². The summed E-state index contributed by atoms with van der Waals surface area (Å²) in [4.78, 5) is 25.5. The van der Waals surface area contributed by atoms with Crippen LogP contribution in [0.5, 0.6) is 0 Å². The molecule has 1 aromatic heterocycles. The maximum absolute atomic E-state index is 12.3. The minimum atomic E-state index is -0.934. The monoisotopic (exact) mass is 299 g/mol. The average molecular weight is 299 g/mol. The number of hydrogen-bond donors (Lipinski definition) is 1. The van der Waals surface area contributed by atoms with E-state index in [1.807, 2.05) is 43.6 Å². The SMILES string of the molecule is Cn1cc(CN2C(=O)CC(C(=O)O)C2c2ccccc2)cn1. The van der Waals surface area contributed by atoms with Crippen molar-refractivity contribution in [3.8, 4) is 0 Å². The highest BCUT2D eigenvalue weighted by atomic mass is 16.4. The van der Waals surface area contributed by atoms with Crippen LogP contribution in [0.4, 0.5) is 0 Å². The summed E-state index contributed by atoms with van der Waals surface area (Å²) >= 11 is 0. The number of nitrogens with zero attached hydrogens (tertiary/aromatic N) is 3. The van der Waals surface area contributed by atoms with Crippen molar-refractivity contribution in [2.75, 3.05) is 0 Å². The van der Waals surface area contributed by atoms with Crippen LogP contribution in [-0.2, 0) is 23.2 Å². The highest BCUT2D eigenvalue weighted by molar-refractivity contribution is 5.87. The Bertz CT molecular complexity index is 696. The Kier molecular flexibility index (Phi) is 3.66. The summed E-state index contributed by atoms with van der Waals surface area (Å²) in [5.41, 5.74) is 1.74. The van der Waals surface area contributed by atoms with Crippen LogP contribution < -0.4 is 0 Å². The van der Waals surface area contributed by atoms with Crippen molar-refractivity contribution >= 4 is 11.9 Å².